The molecule has 0 spiro atoms. The summed E-state index contributed by atoms with van der Waals surface area (Å²) in [5.41, 5.74) is 5.31. The molecule has 0 amide bonds. The summed E-state index contributed by atoms with van der Waals surface area (Å²) < 4.78 is 32.4. The number of carboxylic acids is 1. The van der Waals surface area contributed by atoms with Crippen molar-refractivity contribution in [2.24, 2.45) is 5.73 Å². The minimum absolute atomic E-state index is 0.00734. The van der Waals surface area contributed by atoms with Gasteiger partial charge in [0.2, 0.25) is 0 Å². The first kappa shape index (κ1) is 53.6. The number of hydrogen-bond acceptors (Lipinski definition) is 9. The number of phosphoric acid groups is 1. The maximum Gasteiger partial charge on any atom is 0.472 e. The van der Waals surface area contributed by atoms with Crippen molar-refractivity contribution in [2.45, 2.75) is 116 Å². The van der Waals surface area contributed by atoms with Crippen LogP contribution in [0.1, 0.15) is 104 Å². The third-order valence-electron chi connectivity index (χ3n) is 7.44. The molecule has 0 heterocycles. The Hall–Kier alpha value is -4.38. The van der Waals surface area contributed by atoms with E-state index in [4.69, 9.17) is 24.8 Å². The minimum atomic E-state index is -4.77. The molecule has 0 aliphatic rings. The van der Waals surface area contributed by atoms with E-state index in [0.29, 0.717) is 19.3 Å². The van der Waals surface area contributed by atoms with Gasteiger partial charge in [-0.05, 0) is 77.0 Å². The van der Waals surface area contributed by atoms with Crippen molar-refractivity contribution in [1.82, 2.24) is 0 Å². The molecule has 11 nitrogen and oxygen atoms in total. The number of carbonyl (C=O) groups excluding carboxylic acids is 2. The van der Waals surface area contributed by atoms with E-state index in [1.165, 1.54) is 0 Å². The van der Waals surface area contributed by atoms with Gasteiger partial charge in [-0.1, -0.05) is 148 Å². The molecule has 58 heavy (non-hydrogen) atoms. The molecule has 0 aromatic heterocycles. The van der Waals surface area contributed by atoms with Crippen molar-refractivity contribution >= 4 is 25.7 Å². The lowest BCUT2D eigenvalue weighted by molar-refractivity contribution is -0.160. The van der Waals surface area contributed by atoms with Crippen molar-refractivity contribution in [3.05, 3.63) is 134 Å². The fourth-order valence-electron chi connectivity index (χ4n) is 4.34. The third-order valence-corrected chi connectivity index (χ3v) is 8.39. The fraction of sp³-hybridized carbons (Fsp3) is 0.457. The van der Waals surface area contributed by atoms with Gasteiger partial charge in [0.15, 0.2) is 6.10 Å². The van der Waals surface area contributed by atoms with E-state index in [-0.39, 0.29) is 12.8 Å². The highest BCUT2D eigenvalue weighted by Gasteiger charge is 2.28. The number of ether oxygens (including phenoxy) is 2. The van der Waals surface area contributed by atoms with Crippen LogP contribution in [-0.2, 0) is 37.5 Å². The zero-order chi connectivity index (χ0) is 42.8. The second-order valence-electron chi connectivity index (χ2n) is 12.7. The highest BCUT2D eigenvalue weighted by atomic mass is 31.2. The van der Waals surface area contributed by atoms with Crippen molar-refractivity contribution in [3.63, 3.8) is 0 Å². The molecule has 0 bridgehead atoms. The van der Waals surface area contributed by atoms with Gasteiger partial charge in [-0.25, -0.2) is 4.57 Å². The molecule has 0 aromatic carbocycles. The van der Waals surface area contributed by atoms with Crippen LogP contribution in [0.25, 0.3) is 0 Å². The predicted octanol–water partition coefficient (Wildman–Crippen LogP) is 10.6. The molecule has 0 saturated heterocycles. The molecular formula is C46H68NO10P. The number of carboxylic acid groups (broad SMARTS) is 1. The average molecular weight is 826 g/mol. The molecule has 322 valence electrons. The van der Waals surface area contributed by atoms with Crippen LogP contribution in [0.5, 0.6) is 0 Å². The number of phosphoric ester groups is 1. The van der Waals surface area contributed by atoms with E-state index < -0.39 is 57.7 Å². The Labute approximate surface area is 347 Å². The summed E-state index contributed by atoms with van der Waals surface area (Å²) in [5.74, 6) is -2.67. The van der Waals surface area contributed by atoms with E-state index in [2.05, 4.69) is 110 Å². The number of allylic oxidation sites excluding steroid dienone is 21. The Balaban J connectivity index is 4.70. The molecule has 4 N–H and O–H groups in total. The Kier molecular flexibility index (Phi) is 36.5. The van der Waals surface area contributed by atoms with Crippen LogP contribution in [-0.4, -0.2) is 59.9 Å². The molecule has 0 saturated carbocycles. The number of hydrogen-bond donors (Lipinski definition) is 3. The topological polar surface area (TPSA) is 172 Å². The van der Waals surface area contributed by atoms with Crippen LogP contribution >= 0.6 is 7.82 Å². The highest BCUT2D eigenvalue weighted by molar-refractivity contribution is 7.47. The average Bonchev–Trinajstić information content (AvgIpc) is 3.20. The van der Waals surface area contributed by atoms with Crippen LogP contribution in [0, 0.1) is 0 Å². The van der Waals surface area contributed by atoms with Crippen LogP contribution in [0.15, 0.2) is 134 Å². The number of carbonyl (C=O) groups is 3. The first-order valence-corrected chi connectivity index (χ1v) is 21.7. The summed E-state index contributed by atoms with van der Waals surface area (Å²) in [5, 5.41) is 8.87. The van der Waals surface area contributed by atoms with Gasteiger partial charge in [-0.2, -0.15) is 0 Å². The SMILES string of the molecule is CC/C=C\C/C=C\C/C=C\C/C=C\C/C=C\C/C=C\CCC(=O)OC(COC(=O)C/C=C\C/C=C\C/C=C\C/C=C\C/C=C\CC)COP(=O)(O)OCC(N)C(=O)O. The summed E-state index contributed by atoms with van der Waals surface area (Å²) >= 11 is 0. The van der Waals surface area contributed by atoms with Crippen molar-refractivity contribution in [1.29, 1.82) is 0 Å². The lowest BCUT2D eigenvalue weighted by atomic mass is 10.2. The Bertz CT molecular complexity index is 1480. The summed E-state index contributed by atoms with van der Waals surface area (Å²) in [4.78, 5) is 45.8. The van der Waals surface area contributed by atoms with Crippen molar-refractivity contribution < 1.29 is 47.5 Å². The second kappa shape index (κ2) is 39.4. The molecule has 3 atom stereocenters. The molecule has 0 aromatic rings. The zero-order valence-corrected chi connectivity index (χ0v) is 35.5. The van der Waals surface area contributed by atoms with Gasteiger partial charge in [-0.15, -0.1) is 0 Å². The van der Waals surface area contributed by atoms with Crippen molar-refractivity contribution in [2.75, 3.05) is 19.8 Å². The standard InChI is InChI=1S/C46H68NO10P/c1-3-5-7-9-11-13-15-17-19-20-21-22-24-26-28-30-32-34-36-38-45(49)57-42(40-55-58(52,53)56-41-43(47)46(50)51)39-54-44(48)37-35-33-31-29-27-25-23-18-16-14-12-10-8-6-4-2/h5-8,11-14,17-19,21-23,26-29,32-35,42-43H,3-4,9-10,15-16,20,24-25,30-31,36-41,47H2,1-2H3,(H,50,51)(H,52,53)/b7-5-,8-6-,13-11-,14-12-,19-17-,22-21-,23-18-,28-26-,29-27-,34-32-,35-33-. The van der Waals surface area contributed by atoms with E-state index in [0.717, 1.165) is 57.8 Å². The van der Waals surface area contributed by atoms with E-state index in [9.17, 15) is 23.8 Å². The lowest BCUT2D eigenvalue weighted by Crippen LogP contribution is -2.34. The van der Waals surface area contributed by atoms with Gasteiger partial charge in [0.1, 0.15) is 12.6 Å². The van der Waals surface area contributed by atoms with Gasteiger partial charge >= 0.3 is 25.7 Å². The maximum absolute atomic E-state index is 12.6. The first-order valence-electron chi connectivity index (χ1n) is 20.2. The minimum Gasteiger partial charge on any atom is -0.480 e. The van der Waals surface area contributed by atoms with Gasteiger partial charge in [0, 0.05) is 6.42 Å². The number of esters is 2. The quantitative estimate of drug-likeness (QED) is 0.0315. The summed E-state index contributed by atoms with van der Waals surface area (Å²) in [7, 11) is -4.77. The van der Waals surface area contributed by atoms with Gasteiger partial charge in [0.25, 0.3) is 0 Å². The summed E-state index contributed by atoms with van der Waals surface area (Å²) in [6.07, 6.45) is 54.2. The zero-order valence-electron chi connectivity index (χ0n) is 34.6. The molecule has 0 rings (SSSR count). The van der Waals surface area contributed by atoms with Crippen LogP contribution in [0.2, 0.25) is 0 Å². The fourth-order valence-corrected chi connectivity index (χ4v) is 5.12. The van der Waals surface area contributed by atoms with Crippen LogP contribution in [0.3, 0.4) is 0 Å². The second-order valence-corrected chi connectivity index (χ2v) is 14.1. The number of nitrogens with two attached hydrogens (primary N) is 1. The predicted molar refractivity (Wildman–Crippen MR) is 235 cm³/mol. The molecule has 0 aliphatic carbocycles. The molecule has 0 aliphatic heterocycles. The molecule has 3 unspecified atom stereocenters. The third kappa shape index (κ3) is 38.5. The van der Waals surface area contributed by atoms with E-state index in [1.807, 2.05) is 36.5 Å². The van der Waals surface area contributed by atoms with Crippen LogP contribution in [0.4, 0.5) is 0 Å². The Morgan fingerprint density at radius 2 is 0.897 bits per heavy atom. The molecular weight excluding hydrogens is 757 g/mol. The van der Waals surface area contributed by atoms with Gasteiger partial charge in [-0.3, -0.25) is 23.4 Å². The Morgan fingerprint density at radius 1 is 0.534 bits per heavy atom. The summed E-state index contributed by atoms with van der Waals surface area (Å²) in [6.45, 7) is 2.35. The monoisotopic (exact) mass is 825 g/mol. The lowest BCUT2D eigenvalue weighted by Gasteiger charge is -2.20. The normalized spacial score (nSPS) is 15.1. The van der Waals surface area contributed by atoms with Gasteiger partial charge in [0.05, 0.1) is 19.6 Å². The first-order chi connectivity index (χ1) is 28.1. The molecule has 0 radical (unpaired) electrons. The molecule has 12 heteroatoms. The number of aliphatic carboxylic acids is 1. The summed E-state index contributed by atoms with van der Waals surface area (Å²) in [6, 6.07) is -1.55. The largest absolute Gasteiger partial charge is 0.480 e. The Morgan fingerprint density at radius 3 is 1.29 bits per heavy atom. The highest BCUT2D eigenvalue weighted by Crippen LogP contribution is 2.43. The van der Waals surface area contributed by atoms with E-state index >= 15 is 0 Å². The van der Waals surface area contributed by atoms with E-state index in [1.54, 1.807) is 6.08 Å². The van der Waals surface area contributed by atoms with Crippen LogP contribution < -0.4 is 5.73 Å². The van der Waals surface area contributed by atoms with Gasteiger partial charge < -0.3 is 25.2 Å². The molecule has 0 fully saturated rings. The van der Waals surface area contributed by atoms with Crippen molar-refractivity contribution in [3.8, 4) is 0 Å². The number of rotatable bonds is 35. The maximum atomic E-state index is 12.6. The smallest absolute Gasteiger partial charge is 0.472 e.